The first-order valence-corrected chi connectivity index (χ1v) is 9.20. The molecule has 138 valence electrons. The number of thiol groups is 1. The minimum absolute atomic E-state index is 0.245. The third-order valence-corrected chi connectivity index (χ3v) is 4.25. The summed E-state index contributed by atoms with van der Waals surface area (Å²) >= 11 is 4.21. The van der Waals surface area contributed by atoms with Gasteiger partial charge < -0.3 is 15.3 Å². The lowest BCUT2D eigenvalue weighted by Crippen LogP contribution is -2.49. The fourth-order valence-electron chi connectivity index (χ4n) is 2.63. The highest BCUT2D eigenvalue weighted by molar-refractivity contribution is 7.80. The van der Waals surface area contributed by atoms with E-state index < -0.39 is 12.0 Å². The number of urea groups is 1. The third kappa shape index (κ3) is 6.44. The van der Waals surface area contributed by atoms with Gasteiger partial charge in [-0.05, 0) is 17.5 Å². The molecule has 0 spiro atoms. The number of hydrogen-bond acceptors (Lipinski definition) is 3. The number of carboxylic acids is 1. The summed E-state index contributed by atoms with van der Waals surface area (Å²) in [6.07, 6.45) is 0.952. The van der Waals surface area contributed by atoms with Crippen LogP contribution in [-0.2, 0) is 17.6 Å². The highest BCUT2D eigenvalue weighted by atomic mass is 32.1. The molecule has 0 fully saturated rings. The van der Waals surface area contributed by atoms with E-state index in [1.54, 1.807) is 4.90 Å². The van der Waals surface area contributed by atoms with Gasteiger partial charge in [-0.25, -0.2) is 9.59 Å². The van der Waals surface area contributed by atoms with E-state index in [0.29, 0.717) is 25.3 Å². The average molecular weight is 372 g/mol. The zero-order valence-electron chi connectivity index (χ0n) is 14.5. The Hall–Kier alpha value is -2.47. The largest absolute Gasteiger partial charge is 0.480 e. The first kappa shape index (κ1) is 19.8. The van der Waals surface area contributed by atoms with Crippen LogP contribution in [0.4, 0.5) is 4.79 Å². The SMILES string of the molecule is O=C(O)[C@H](Cc1ccccc1)NC(=O)N(CCS)CCc1ccccc1. The van der Waals surface area contributed by atoms with E-state index >= 15 is 0 Å². The molecule has 2 N–H and O–H groups in total. The molecule has 0 aromatic heterocycles. The fraction of sp³-hybridized carbons (Fsp3) is 0.300. The molecule has 0 bridgehead atoms. The first-order valence-electron chi connectivity index (χ1n) is 8.57. The van der Waals surface area contributed by atoms with Crippen molar-refractivity contribution in [3.63, 3.8) is 0 Å². The Bertz CT molecular complexity index is 695. The van der Waals surface area contributed by atoms with Crippen LogP contribution in [0.3, 0.4) is 0 Å². The Morgan fingerprint density at radius 3 is 2.08 bits per heavy atom. The van der Waals surface area contributed by atoms with Crippen molar-refractivity contribution >= 4 is 24.6 Å². The van der Waals surface area contributed by atoms with Gasteiger partial charge in [0.2, 0.25) is 0 Å². The van der Waals surface area contributed by atoms with Gasteiger partial charge >= 0.3 is 12.0 Å². The number of carbonyl (C=O) groups is 2. The van der Waals surface area contributed by atoms with E-state index in [-0.39, 0.29) is 12.5 Å². The molecule has 0 radical (unpaired) electrons. The molecule has 2 rings (SSSR count). The molecular formula is C20H24N2O3S. The Morgan fingerprint density at radius 2 is 1.54 bits per heavy atom. The smallest absolute Gasteiger partial charge is 0.326 e. The van der Waals surface area contributed by atoms with E-state index in [4.69, 9.17) is 0 Å². The first-order chi connectivity index (χ1) is 12.6. The maximum absolute atomic E-state index is 12.6. The topological polar surface area (TPSA) is 69.6 Å². The Morgan fingerprint density at radius 1 is 0.962 bits per heavy atom. The van der Waals surface area contributed by atoms with Gasteiger partial charge in [0.25, 0.3) is 0 Å². The summed E-state index contributed by atoms with van der Waals surface area (Å²) in [5, 5.41) is 12.1. The van der Waals surface area contributed by atoms with Crippen molar-refractivity contribution in [1.29, 1.82) is 0 Å². The van der Waals surface area contributed by atoms with Gasteiger partial charge in [0.15, 0.2) is 0 Å². The quantitative estimate of drug-likeness (QED) is 0.593. The van der Waals surface area contributed by atoms with Gasteiger partial charge in [-0.2, -0.15) is 12.6 Å². The number of carbonyl (C=O) groups excluding carboxylic acids is 1. The van der Waals surface area contributed by atoms with E-state index in [1.165, 1.54) is 0 Å². The Kier molecular flexibility index (Phi) is 8.02. The van der Waals surface area contributed by atoms with Gasteiger partial charge in [-0.15, -0.1) is 0 Å². The Labute approximate surface area is 159 Å². The molecule has 2 aromatic carbocycles. The van der Waals surface area contributed by atoms with Crippen molar-refractivity contribution in [1.82, 2.24) is 10.2 Å². The number of aliphatic carboxylic acids is 1. The molecule has 0 heterocycles. The van der Waals surface area contributed by atoms with Crippen molar-refractivity contribution in [2.24, 2.45) is 0 Å². The summed E-state index contributed by atoms with van der Waals surface area (Å²) in [6.45, 7) is 0.966. The second-order valence-corrected chi connectivity index (χ2v) is 6.42. The maximum Gasteiger partial charge on any atom is 0.326 e. The molecule has 0 unspecified atom stereocenters. The van der Waals surface area contributed by atoms with Crippen molar-refractivity contribution in [3.8, 4) is 0 Å². The second-order valence-electron chi connectivity index (χ2n) is 5.98. The lowest BCUT2D eigenvalue weighted by molar-refractivity contribution is -0.139. The molecule has 6 heteroatoms. The summed E-state index contributed by atoms with van der Waals surface area (Å²) in [6, 6.07) is 17.8. The molecular weight excluding hydrogens is 348 g/mol. The van der Waals surface area contributed by atoms with Crippen LogP contribution in [0.5, 0.6) is 0 Å². The zero-order valence-corrected chi connectivity index (χ0v) is 15.4. The number of nitrogens with one attached hydrogen (secondary N) is 1. The van der Waals surface area contributed by atoms with Gasteiger partial charge in [0.1, 0.15) is 6.04 Å². The number of rotatable bonds is 9. The van der Waals surface area contributed by atoms with Crippen molar-refractivity contribution in [3.05, 3.63) is 71.8 Å². The molecule has 0 aliphatic rings. The lowest BCUT2D eigenvalue weighted by atomic mass is 10.1. The molecule has 0 saturated heterocycles. The summed E-state index contributed by atoms with van der Waals surface area (Å²) < 4.78 is 0. The van der Waals surface area contributed by atoms with Crippen LogP contribution < -0.4 is 5.32 Å². The summed E-state index contributed by atoms with van der Waals surface area (Å²) in [4.78, 5) is 25.7. The van der Waals surface area contributed by atoms with Crippen LogP contribution in [0.2, 0.25) is 0 Å². The normalized spacial score (nSPS) is 11.6. The van der Waals surface area contributed by atoms with Crippen molar-refractivity contribution in [2.45, 2.75) is 18.9 Å². The number of amides is 2. The number of benzene rings is 2. The van der Waals surface area contributed by atoms with Gasteiger partial charge in [0.05, 0.1) is 0 Å². The third-order valence-electron chi connectivity index (χ3n) is 4.05. The van der Waals surface area contributed by atoms with Crippen LogP contribution in [-0.4, -0.2) is 46.9 Å². The summed E-state index contributed by atoms with van der Waals surface area (Å²) in [7, 11) is 0. The monoisotopic (exact) mass is 372 g/mol. The van der Waals surface area contributed by atoms with Crippen LogP contribution in [0.25, 0.3) is 0 Å². The minimum atomic E-state index is -1.05. The fourth-order valence-corrected chi connectivity index (χ4v) is 2.88. The number of carboxylic acid groups (broad SMARTS) is 1. The summed E-state index contributed by atoms with van der Waals surface area (Å²) in [5.41, 5.74) is 1.99. The van der Waals surface area contributed by atoms with Crippen molar-refractivity contribution < 1.29 is 14.7 Å². The van der Waals surface area contributed by atoms with Crippen LogP contribution in [0, 0.1) is 0 Å². The zero-order chi connectivity index (χ0) is 18.8. The van der Waals surface area contributed by atoms with Gasteiger partial charge in [-0.3, -0.25) is 0 Å². The molecule has 0 aliphatic carbocycles. The summed E-state index contributed by atoms with van der Waals surface area (Å²) in [5.74, 6) is -0.533. The second kappa shape index (κ2) is 10.5. The number of hydrogen-bond donors (Lipinski definition) is 3. The van der Waals surface area contributed by atoms with Crippen LogP contribution >= 0.6 is 12.6 Å². The highest BCUT2D eigenvalue weighted by Gasteiger charge is 2.23. The Balaban J connectivity index is 1.98. The predicted molar refractivity (Wildman–Crippen MR) is 106 cm³/mol. The molecule has 1 atom stereocenters. The van der Waals surface area contributed by atoms with E-state index in [2.05, 4.69) is 17.9 Å². The van der Waals surface area contributed by atoms with E-state index in [9.17, 15) is 14.7 Å². The molecule has 26 heavy (non-hydrogen) atoms. The van der Waals surface area contributed by atoms with Gasteiger partial charge in [0, 0.05) is 25.3 Å². The molecule has 0 aliphatic heterocycles. The molecule has 5 nitrogen and oxygen atoms in total. The standard InChI is InChI=1S/C20H24N2O3S/c23-19(24)18(15-17-9-5-2-6-10-17)21-20(25)22(13-14-26)12-11-16-7-3-1-4-8-16/h1-10,18,26H,11-15H2,(H,21,25)(H,23,24)/t18-/m0/s1. The number of nitrogens with zero attached hydrogens (tertiary/aromatic N) is 1. The van der Waals surface area contributed by atoms with Crippen molar-refractivity contribution in [2.75, 3.05) is 18.8 Å². The predicted octanol–water partition coefficient (Wildman–Crippen LogP) is 2.87. The maximum atomic E-state index is 12.6. The highest BCUT2D eigenvalue weighted by Crippen LogP contribution is 2.06. The molecule has 2 aromatic rings. The molecule has 0 saturated carbocycles. The van der Waals surface area contributed by atoms with E-state index in [1.807, 2.05) is 60.7 Å². The van der Waals surface area contributed by atoms with Crippen LogP contribution in [0.1, 0.15) is 11.1 Å². The van der Waals surface area contributed by atoms with E-state index in [0.717, 1.165) is 11.1 Å². The lowest BCUT2D eigenvalue weighted by Gasteiger charge is -2.25. The minimum Gasteiger partial charge on any atom is -0.480 e. The van der Waals surface area contributed by atoms with Gasteiger partial charge in [-0.1, -0.05) is 60.7 Å². The average Bonchev–Trinajstić information content (AvgIpc) is 2.66. The van der Waals surface area contributed by atoms with Crippen LogP contribution in [0.15, 0.2) is 60.7 Å². The molecule has 2 amide bonds.